The molecule has 2 rings (SSSR count). The molecule has 1 aromatic carbocycles. The first-order valence-corrected chi connectivity index (χ1v) is 11.6. The van der Waals surface area contributed by atoms with E-state index in [1.54, 1.807) is 19.1 Å². The lowest BCUT2D eigenvalue weighted by Gasteiger charge is -2.20. The number of amides is 1. The fraction of sp³-hybridized carbons (Fsp3) is 0.562. The van der Waals surface area contributed by atoms with Crippen molar-refractivity contribution < 1.29 is 26.4 Å². The molecule has 8 nitrogen and oxygen atoms in total. The van der Waals surface area contributed by atoms with Gasteiger partial charge in [-0.2, -0.15) is 0 Å². The molecule has 2 N–H and O–H groups in total. The fourth-order valence-electron chi connectivity index (χ4n) is 2.73. The van der Waals surface area contributed by atoms with E-state index >= 15 is 0 Å². The number of hydrogen-bond acceptors (Lipinski definition) is 6. The van der Waals surface area contributed by atoms with Crippen molar-refractivity contribution in [3.8, 4) is 0 Å². The molecule has 0 unspecified atom stereocenters. The molecule has 10 heteroatoms. The van der Waals surface area contributed by atoms with Crippen LogP contribution in [0.15, 0.2) is 29.2 Å². The van der Waals surface area contributed by atoms with Crippen LogP contribution >= 0.6 is 0 Å². The number of sulfone groups is 1. The Balaban J connectivity index is 2.18. The van der Waals surface area contributed by atoms with E-state index in [2.05, 4.69) is 10.0 Å². The number of ether oxygens (including phenoxy) is 1. The van der Waals surface area contributed by atoms with Gasteiger partial charge in [-0.15, -0.1) is 0 Å². The van der Waals surface area contributed by atoms with Crippen LogP contribution in [0.3, 0.4) is 0 Å². The van der Waals surface area contributed by atoms with Gasteiger partial charge in [-0.1, -0.05) is 26.0 Å². The average Bonchev–Trinajstić information content (AvgIpc) is 2.80. The SMILES string of the molecule is CCOC(=O)N[C@H]1CS(=O)(=O)C[C@H]1NS(=O)(=O)c1ccc(C(C)C)cc1. The lowest BCUT2D eigenvalue weighted by Crippen LogP contribution is -2.50. The molecule has 0 radical (unpaired) electrons. The van der Waals surface area contributed by atoms with Crippen LogP contribution in [0.4, 0.5) is 4.79 Å². The summed E-state index contributed by atoms with van der Waals surface area (Å²) in [5.74, 6) is -0.462. The first-order chi connectivity index (χ1) is 12.0. The van der Waals surface area contributed by atoms with E-state index in [-0.39, 0.29) is 28.9 Å². The Labute approximate surface area is 154 Å². The highest BCUT2D eigenvalue weighted by atomic mass is 32.2. The minimum atomic E-state index is -3.92. The highest BCUT2D eigenvalue weighted by Crippen LogP contribution is 2.20. The third kappa shape index (κ3) is 5.18. The third-order valence-electron chi connectivity index (χ3n) is 4.09. The first-order valence-electron chi connectivity index (χ1n) is 8.30. The Bertz CT molecular complexity index is 847. The number of hydrogen-bond donors (Lipinski definition) is 2. The van der Waals surface area contributed by atoms with Gasteiger partial charge in [-0.3, -0.25) is 0 Å². The van der Waals surface area contributed by atoms with Crippen molar-refractivity contribution in [1.82, 2.24) is 10.0 Å². The minimum Gasteiger partial charge on any atom is -0.450 e. The van der Waals surface area contributed by atoms with Crippen molar-refractivity contribution in [1.29, 1.82) is 0 Å². The minimum absolute atomic E-state index is 0.0427. The maximum atomic E-state index is 12.6. The number of benzene rings is 1. The van der Waals surface area contributed by atoms with Crippen LogP contribution in [-0.2, 0) is 24.6 Å². The van der Waals surface area contributed by atoms with E-state index in [9.17, 15) is 21.6 Å². The van der Waals surface area contributed by atoms with Gasteiger partial charge in [0.2, 0.25) is 10.0 Å². The van der Waals surface area contributed by atoms with E-state index in [4.69, 9.17) is 4.74 Å². The normalized spacial score (nSPS) is 22.3. The first kappa shape index (κ1) is 20.7. The summed E-state index contributed by atoms with van der Waals surface area (Å²) in [7, 11) is -7.40. The molecule has 26 heavy (non-hydrogen) atoms. The second-order valence-corrected chi connectivity index (χ2v) is 10.4. The van der Waals surface area contributed by atoms with Crippen molar-refractivity contribution in [3.63, 3.8) is 0 Å². The molecule has 1 saturated heterocycles. The predicted molar refractivity (Wildman–Crippen MR) is 97.2 cm³/mol. The molecule has 0 aromatic heterocycles. The van der Waals surface area contributed by atoms with Crippen LogP contribution in [0.1, 0.15) is 32.3 Å². The van der Waals surface area contributed by atoms with Crippen molar-refractivity contribution in [2.24, 2.45) is 0 Å². The molecule has 0 spiro atoms. The smallest absolute Gasteiger partial charge is 0.407 e. The Kier molecular flexibility index (Phi) is 6.30. The van der Waals surface area contributed by atoms with Gasteiger partial charge in [0.05, 0.1) is 35.1 Å². The van der Waals surface area contributed by atoms with Crippen molar-refractivity contribution >= 4 is 26.0 Å². The maximum Gasteiger partial charge on any atom is 0.407 e. The van der Waals surface area contributed by atoms with Crippen LogP contribution in [0, 0.1) is 0 Å². The standard InChI is InChI=1S/C16H24N2O6S2/c1-4-24-16(19)17-14-9-25(20,21)10-15(14)18-26(22,23)13-7-5-12(6-8-13)11(2)3/h5-8,11,14-15,18H,4,9-10H2,1-3H3,(H,17,19)/t14-,15+/m0/s1. The highest BCUT2D eigenvalue weighted by molar-refractivity contribution is 7.92. The van der Waals surface area contributed by atoms with E-state index in [0.717, 1.165) is 5.56 Å². The van der Waals surface area contributed by atoms with Crippen LogP contribution in [0.2, 0.25) is 0 Å². The topological polar surface area (TPSA) is 119 Å². The van der Waals surface area contributed by atoms with E-state index in [0.29, 0.717) is 0 Å². The van der Waals surface area contributed by atoms with Crippen LogP contribution in [0.25, 0.3) is 0 Å². The molecule has 1 heterocycles. The van der Waals surface area contributed by atoms with Crippen LogP contribution in [0.5, 0.6) is 0 Å². The lowest BCUT2D eigenvalue weighted by molar-refractivity contribution is 0.148. The van der Waals surface area contributed by atoms with Gasteiger partial charge in [0, 0.05) is 0 Å². The van der Waals surface area contributed by atoms with Gasteiger partial charge in [0.15, 0.2) is 9.84 Å². The Morgan fingerprint density at radius 2 is 1.77 bits per heavy atom. The fourth-order valence-corrected chi connectivity index (χ4v) is 5.97. The second kappa shape index (κ2) is 7.93. The second-order valence-electron chi connectivity index (χ2n) is 6.50. The quantitative estimate of drug-likeness (QED) is 0.730. The molecule has 1 fully saturated rings. The maximum absolute atomic E-state index is 12.6. The number of carbonyl (C=O) groups excluding carboxylic acids is 1. The van der Waals surface area contributed by atoms with Gasteiger partial charge in [-0.05, 0) is 30.5 Å². The summed E-state index contributed by atoms with van der Waals surface area (Å²) < 4.78 is 56.1. The molecule has 2 atom stereocenters. The van der Waals surface area contributed by atoms with Crippen LogP contribution in [-0.4, -0.2) is 53.1 Å². The van der Waals surface area contributed by atoms with Crippen molar-refractivity contribution in [3.05, 3.63) is 29.8 Å². The molecule has 1 aliphatic heterocycles. The average molecular weight is 405 g/mol. The summed E-state index contributed by atoms with van der Waals surface area (Å²) in [6.45, 7) is 5.74. The molecule has 1 aromatic rings. The van der Waals surface area contributed by atoms with E-state index in [1.165, 1.54) is 12.1 Å². The number of alkyl carbamates (subject to hydrolysis) is 1. The zero-order valence-corrected chi connectivity index (χ0v) is 16.6. The third-order valence-corrected chi connectivity index (χ3v) is 7.33. The molecule has 1 amide bonds. The summed E-state index contributed by atoms with van der Waals surface area (Å²) >= 11 is 0. The Hall–Kier alpha value is -1.65. The molecule has 0 saturated carbocycles. The number of nitrogens with one attached hydrogen (secondary N) is 2. The van der Waals surface area contributed by atoms with Gasteiger partial charge < -0.3 is 10.1 Å². The Morgan fingerprint density at radius 1 is 1.19 bits per heavy atom. The molecule has 0 aliphatic carbocycles. The summed E-state index contributed by atoms with van der Waals surface area (Å²) in [6, 6.07) is 4.56. The molecular formula is C16H24N2O6S2. The zero-order valence-electron chi connectivity index (χ0n) is 14.9. The van der Waals surface area contributed by atoms with Gasteiger partial charge >= 0.3 is 6.09 Å². The van der Waals surface area contributed by atoms with Gasteiger partial charge in [0.1, 0.15) is 0 Å². The Morgan fingerprint density at radius 3 is 2.31 bits per heavy atom. The van der Waals surface area contributed by atoms with Crippen molar-refractivity contribution in [2.75, 3.05) is 18.1 Å². The summed E-state index contributed by atoms with van der Waals surface area (Å²) in [6.07, 6.45) is -0.778. The van der Waals surface area contributed by atoms with Crippen LogP contribution < -0.4 is 10.0 Å². The van der Waals surface area contributed by atoms with E-state index in [1.807, 2.05) is 13.8 Å². The lowest BCUT2D eigenvalue weighted by atomic mass is 10.0. The van der Waals surface area contributed by atoms with Gasteiger partial charge in [0.25, 0.3) is 0 Å². The summed E-state index contributed by atoms with van der Waals surface area (Å²) in [5, 5.41) is 2.42. The molecule has 146 valence electrons. The summed E-state index contributed by atoms with van der Waals surface area (Å²) in [5.41, 5.74) is 0.995. The number of carbonyl (C=O) groups is 1. The largest absolute Gasteiger partial charge is 0.450 e. The highest BCUT2D eigenvalue weighted by Gasteiger charge is 2.41. The van der Waals surface area contributed by atoms with Gasteiger partial charge in [-0.25, -0.2) is 26.4 Å². The molecular weight excluding hydrogens is 380 g/mol. The zero-order chi connectivity index (χ0) is 19.5. The molecule has 0 bridgehead atoms. The summed E-state index contributed by atoms with van der Waals surface area (Å²) in [4.78, 5) is 11.6. The van der Waals surface area contributed by atoms with E-state index < -0.39 is 38.0 Å². The monoisotopic (exact) mass is 404 g/mol. The predicted octanol–water partition coefficient (Wildman–Crippen LogP) is 1.00. The van der Waals surface area contributed by atoms with Crippen molar-refractivity contribution in [2.45, 2.75) is 43.7 Å². The number of rotatable bonds is 6. The number of sulfonamides is 1. The molecule has 1 aliphatic rings.